The number of carbonyl (C=O) groups is 1. The molecule has 0 aliphatic carbocycles. The highest BCUT2D eigenvalue weighted by molar-refractivity contribution is 5.76. The molecule has 1 amide bonds. The minimum atomic E-state index is -0.318. The molecular formula is C12H18N2O4. The predicted molar refractivity (Wildman–Crippen MR) is 66.5 cm³/mol. The molecule has 6 nitrogen and oxygen atoms in total. The summed E-state index contributed by atoms with van der Waals surface area (Å²) in [6, 6.07) is 1.30. The van der Waals surface area contributed by atoms with E-state index in [4.69, 9.17) is 9.84 Å². The first kappa shape index (κ1) is 14.2. The third-order valence-electron chi connectivity index (χ3n) is 2.33. The lowest BCUT2D eigenvalue weighted by Crippen LogP contribution is -2.34. The van der Waals surface area contributed by atoms with Gasteiger partial charge in [-0.3, -0.25) is 9.59 Å². The van der Waals surface area contributed by atoms with Gasteiger partial charge in [0.1, 0.15) is 6.54 Å². The van der Waals surface area contributed by atoms with E-state index < -0.39 is 0 Å². The number of hydrogen-bond acceptors (Lipinski definition) is 4. The van der Waals surface area contributed by atoms with Crippen molar-refractivity contribution in [1.29, 1.82) is 0 Å². The van der Waals surface area contributed by atoms with Gasteiger partial charge in [0, 0.05) is 17.8 Å². The number of nitrogens with one attached hydrogen (secondary N) is 1. The van der Waals surface area contributed by atoms with E-state index in [0.717, 1.165) is 0 Å². The summed E-state index contributed by atoms with van der Waals surface area (Å²) >= 11 is 0. The third-order valence-corrected chi connectivity index (χ3v) is 2.33. The number of carbonyl (C=O) groups excluding carboxylic acids is 1. The molecule has 0 aromatic carbocycles. The normalized spacial score (nSPS) is 10.5. The number of aromatic nitrogens is 1. The number of aliphatic hydroxyl groups excluding tert-OH is 1. The number of rotatable bonds is 5. The zero-order valence-corrected chi connectivity index (χ0v) is 10.8. The van der Waals surface area contributed by atoms with Gasteiger partial charge in [-0.15, -0.1) is 0 Å². The van der Waals surface area contributed by atoms with Crippen LogP contribution in [0.25, 0.3) is 0 Å². The maximum atomic E-state index is 11.6. The van der Waals surface area contributed by atoms with Crippen LogP contribution in [0.1, 0.15) is 19.5 Å². The van der Waals surface area contributed by atoms with Crippen LogP contribution in [0.5, 0.6) is 5.75 Å². The lowest BCUT2D eigenvalue weighted by Gasteiger charge is -2.14. The first-order valence-corrected chi connectivity index (χ1v) is 5.65. The Kier molecular flexibility index (Phi) is 4.91. The van der Waals surface area contributed by atoms with Crippen molar-refractivity contribution in [1.82, 2.24) is 9.88 Å². The third kappa shape index (κ3) is 3.59. The Morgan fingerprint density at radius 3 is 2.72 bits per heavy atom. The summed E-state index contributed by atoms with van der Waals surface area (Å²) in [5.41, 5.74) is 0.0572. The molecule has 0 aliphatic rings. The SMILES string of the molecule is COc1cn(CC(=O)NC(C)C)c(CO)cc1=O. The fourth-order valence-corrected chi connectivity index (χ4v) is 1.55. The Morgan fingerprint density at radius 2 is 2.22 bits per heavy atom. The summed E-state index contributed by atoms with van der Waals surface area (Å²) in [6.07, 6.45) is 1.42. The van der Waals surface area contributed by atoms with E-state index in [1.165, 1.54) is 23.9 Å². The lowest BCUT2D eigenvalue weighted by molar-refractivity contribution is -0.122. The number of methoxy groups -OCH3 is 1. The van der Waals surface area contributed by atoms with E-state index in [1.807, 2.05) is 13.8 Å². The molecule has 2 N–H and O–H groups in total. The van der Waals surface area contributed by atoms with Gasteiger partial charge < -0.3 is 19.7 Å². The van der Waals surface area contributed by atoms with E-state index in [0.29, 0.717) is 5.69 Å². The molecule has 1 aromatic rings. The van der Waals surface area contributed by atoms with E-state index in [2.05, 4.69) is 5.32 Å². The second-order valence-electron chi connectivity index (χ2n) is 4.21. The number of amides is 1. The van der Waals surface area contributed by atoms with E-state index in [-0.39, 0.29) is 36.3 Å². The predicted octanol–water partition coefficient (Wildman–Crippen LogP) is -0.126. The van der Waals surface area contributed by atoms with Crippen LogP contribution in [-0.4, -0.2) is 28.7 Å². The summed E-state index contributed by atoms with van der Waals surface area (Å²) in [6.45, 7) is 3.44. The zero-order chi connectivity index (χ0) is 13.7. The molecule has 0 spiro atoms. The molecule has 0 saturated heterocycles. The average molecular weight is 254 g/mol. The molecule has 100 valence electrons. The standard InChI is InChI=1S/C12H18N2O4/c1-8(2)13-12(17)6-14-5-11(18-3)10(16)4-9(14)7-15/h4-5,8,15H,6-7H2,1-3H3,(H,13,17). The van der Waals surface area contributed by atoms with E-state index in [1.54, 1.807) is 0 Å². The highest BCUT2D eigenvalue weighted by Gasteiger charge is 2.10. The molecule has 1 heterocycles. The highest BCUT2D eigenvalue weighted by atomic mass is 16.5. The Hall–Kier alpha value is -1.82. The van der Waals surface area contributed by atoms with Crippen LogP contribution in [0.4, 0.5) is 0 Å². The summed E-state index contributed by atoms with van der Waals surface area (Å²) < 4.78 is 6.40. The average Bonchev–Trinajstić information content (AvgIpc) is 2.29. The Balaban J connectivity index is 2.99. The van der Waals surface area contributed by atoms with Crippen molar-refractivity contribution in [2.75, 3.05) is 7.11 Å². The van der Waals surface area contributed by atoms with Crippen molar-refractivity contribution in [3.63, 3.8) is 0 Å². The second kappa shape index (κ2) is 6.20. The fourth-order valence-electron chi connectivity index (χ4n) is 1.55. The van der Waals surface area contributed by atoms with E-state index in [9.17, 15) is 9.59 Å². The van der Waals surface area contributed by atoms with Gasteiger partial charge in [0.2, 0.25) is 11.3 Å². The molecule has 1 rings (SSSR count). The monoisotopic (exact) mass is 254 g/mol. The maximum absolute atomic E-state index is 11.6. The molecule has 0 aliphatic heterocycles. The molecule has 0 radical (unpaired) electrons. The summed E-state index contributed by atoms with van der Waals surface area (Å²) in [4.78, 5) is 23.1. The van der Waals surface area contributed by atoms with Crippen molar-refractivity contribution in [2.45, 2.75) is 33.0 Å². The smallest absolute Gasteiger partial charge is 0.240 e. The van der Waals surface area contributed by atoms with Crippen LogP contribution in [-0.2, 0) is 17.9 Å². The van der Waals surface area contributed by atoms with Crippen molar-refractivity contribution in [3.05, 3.63) is 28.2 Å². The van der Waals surface area contributed by atoms with Gasteiger partial charge in [0.25, 0.3) is 0 Å². The Bertz CT molecular complexity index is 479. The second-order valence-corrected chi connectivity index (χ2v) is 4.21. The van der Waals surface area contributed by atoms with E-state index >= 15 is 0 Å². The minimum absolute atomic E-state index is 0.0325. The number of aliphatic hydroxyl groups is 1. The quantitative estimate of drug-likeness (QED) is 0.767. The number of pyridine rings is 1. The van der Waals surface area contributed by atoms with Crippen LogP contribution < -0.4 is 15.5 Å². The molecule has 0 atom stereocenters. The maximum Gasteiger partial charge on any atom is 0.240 e. The molecule has 0 fully saturated rings. The summed E-state index contributed by atoms with van der Waals surface area (Å²) in [7, 11) is 1.38. The van der Waals surface area contributed by atoms with Crippen LogP contribution >= 0.6 is 0 Å². The number of nitrogens with zero attached hydrogens (tertiary/aromatic N) is 1. The minimum Gasteiger partial charge on any atom is -0.491 e. The first-order chi connectivity index (χ1) is 8.47. The van der Waals surface area contributed by atoms with Gasteiger partial charge in [-0.1, -0.05) is 0 Å². The lowest BCUT2D eigenvalue weighted by atomic mass is 10.3. The van der Waals surface area contributed by atoms with Crippen molar-refractivity contribution < 1.29 is 14.6 Å². The fraction of sp³-hybridized carbons (Fsp3) is 0.500. The number of ether oxygens (including phenoxy) is 1. The van der Waals surface area contributed by atoms with Gasteiger partial charge in [-0.25, -0.2) is 0 Å². The number of hydrogen-bond donors (Lipinski definition) is 2. The summed E-state index contributed by atoms with van der Waals surface area (Å²) in [5, 5.41) is 11.9. The molecule has 6 heteroatoms. The highest BCUT2D eigenvalue weighted by Crippen LogP contribution is 2.06. The molecule has 1 aromatic heterocycles. The Labute approximate surface area is 105 Å². The molecule has 0 bridgehead atoms. The van der Waals surface area contributed by atoms with Crippen LogP contribution in [0.3, 0.4) is 0 Å². The molecule has 18 heavy (non-hydrogen) atoms. The van der Waals surface area contributed by atoms with Crippen LogP contribution in [0, 0.1) is 0 Å². The van der Waals surface area contributed by atoms with Gasteiger partial charge in [-0.2, -0.15) is 0 Å². The summed E-state index contributed by atoms with van der Waals surface area (Å²) in [5.74, 6) is -0.0463. The Morgan fingerprint density at radius 1 is 1.56 bits per heavy atom. The van der Waals surface area contributed by atoms with Gasteiger partial charge in [0.05, 0.1) is 19.9 Å². The topological polar surface area (TPSA) is 80.6 Å². The molecular weight excluding hydrogens is 236 g/mol. The van der Waals surface area contributed by atoms with Gasteiger partial charge >= 0.3 is 0 Å². The zero-order valence-electron chi connectivity index (χ0n) is 10.8. The van der Waals surface area contributed by atoms with Crippen LogP contribution in [0.15, 0.2) is 17.1 Å². The van der Waals surface area contributed by atoms with Crippen molar-refractivity contribution >= 4 is 5.91 Å². The van der Waals surface area contributed by atoms with Crippen molar-refractivity contribution in [2.24, 2.45) is 0 Å². The van der Waals surface area contributed by atoms with Crippen LogP contribution in [0.2, 0.25) is 0 Å². The van der Waals surface area contributed by atoms with Gasteiger partial charge in [0.15, 0.2) is 5.75 Å². The first-order valence-electron chi connectivity index (χ1n) is 5.65. The largest absolute Gasteiger partial charge is 0.491 e. The van der Waals surface area contributed by atoms with Gasteiger partial charge in [-0.05, 0) is 13.8 Å². The van der Waals surface area contributed by atoms with Crippen molar-refractivity contribution in [3.8, 4) is 5.75 Å². The molecule has 0 unspecified atom stereocenters. The molecule has 0 saturated carbocycles.